The number of hydrogen-bond acceptors (Lipinski definition) is 2. The first-order valence-corrected chi connectivity index (χ1v) is 8.08. The molecule has 3 rings (SSSR count). The van der Waals surface area contributed by atoms with Gasteiger partial charge in [-0.05, 0) is 53.6 Å². The van der Waals surface area contributed by atoms with Gasteiger partial charge in [-0.2, -0.15) is 0 Å². The molecule has 0 aliphatic heterocycles. The van der Waals surface area contributed by atoms with E-state index in [1.807, 2.05) is 36.5 Å². The minimum Gasteiger partial charge on any atom is -0.329 e. The lowest BCUT2D eigenvalue weighted by Crippen LogP contribution is -2.07. The molecule has 0 fully saturated rings. The van der Waals surface area contributed by atoms with Crippen LogP contribution in [0.25, 0.3) is 0 Å². The van der Waals surface area contributed by atoms with E-state index < -0.39 is 0 Å². The van der Waals surface area contributed by atoms with E-state index in [9.17, 15) is 4.79 Å². The number of rotatable bonds is 7. The molecule has 1 atom stereocenters. The fraction of sp³-hybridized carbons (Fsp3) is 0.143. The molecule has 1 heterocycles. The van der Waals surface area contributed by atoms with E-state index >= 15 is 0 Å². The van der Waals surface area contributed by atoms with Crippen LogP contribution in [0.5, 0.6) is 0 Å². The number of nitrogens with one attached hydrogen (secondary N) is 1. The molecule has 2 aromatic carbocycles. The van der Waals surface area contributed by atoms with Crippen molar-refractivity contribution in [2.45, 2.75) is 18.8 Å². The Bertz CT molecular complexity index is 772. The van der Waals surface area contributed by atoms with Gasteiger partial charge in [0.2, 0.25) is 6.41 Å². The highest BCUT2D eigenvalue weighted by Crippen LogP contribution is 2.26. The summed E-state index contributed by atoms with van der Waals surface area (Å²) in [6.07, 6.45) is 6.29. The number of amides is 1. The molecule has 120 valence electrons. The van der Waals surface area contributed by atoms with Crippen LogP contribution in [-0.4, -0.2) is 11.4 Å². The van der Waals surface area contributed by atoms with Crippen LogP contribution in [0.3, 0.4) is 0 Å². The molecule has 3 nitrogen and oxygen atoms in total. The molecule has 0 aliphatic carbocycles. The van der Waals surface area contributed by atoms with Crippen molar-refractivity contribution in [3.8, 4) is 0 Å². The summed E-state index contributed by atoms with van der Waals surface area (Å²) in [5.74, 6) is 0.363. The van der Waals surface area contributed by atoms with Gasteiger partial charge in [-0.1, -0.05) is 48.5 Å². The topological polar surface area (TPSA) is 42.0 Å². The number of carbonyl (C=O) groups excluding carboxylic acids is 1. The lowest BCUT2D eigenvalue weighted by Gasteiger charge is -2.18. The number of aromatic nitrogens is 1. The summed E-state index contributed by atoms with van der Waals surface area (Å²) in [4.78, 5) is 14.9. The van der Waals surface area contributed by atoms with Crippen LogP contribution in [0.4, 0.5) is 5.69 Å². The van der Waals surface area contributed by atoms with Gasteiger partial charge in [-0.25, -0.2) is 0 Å². The monoisotopic (exact) mass is 316 g/mol. The molecule has 1 unspecified atom stereocenters. The standard InChI is InChI=1S/C21H20N2O/c24-16-23-21-10-4-6-17(14-21)12-20(19-8-2-1-3-9-19)13-18-7-5-11-22-15-18/h1-11,14-16,20H,12-13H2,(H,23,24). The molecule has 0 saturated heterocycles. The van der Waals surface area contributed by atoms with E-state index in [1.54, 1.807) is 6.20 Å². The quantitative estimate of drug-likeness (QED) is 0.663. The van der Waals surface area contributed by atoms with Gasteiger partial charge >= 0.3 is 0 Å². The first kappa shape index (κ1) is 15.9. The van der Waals surface area contributed by atoms with Gasteiger partial charge in [0.1, 0.15) is 0 Å². The minimum absolute atomic E-state index is 0.363. The van der Waals surface area contributed by atoms with Crippen molar-refractivity contribution in [3.63, 3.8) is 0 Å². The average Bonchev–Trinajstić information content (AvgIpc) is 2.63. The van der Waals surface area contributed by atoms with Crippen molar-refractivity contribution in [3.05, 3.63) is 95.8 Å². The van der Waals surface area contributed by atoms with E-state index in [2.05, 4.69) is 46.7 Å². The number of hydrogen-bond donors (Lipinski definition) is 1. The second kappa shape index (κ2) is 8.06. The molecular weight excluding hydrogens is 296 g/mol. The largest absolute Gasteiger partial charge is 0.329 e. The SMILES string of the molecule is O=CNc1cccc(CC(Cc2cccnc2)c2ccccc2)c1. The molecular formula is C21H20N2O. The maximum Gasteiger partial charge on any atom is 0.211 e. The van der Waals surface area contributed by atoms with E-state index in [0.717, 1.165) is 18.5 Å². The summed E-state index contributed by atoms with van der Waals surface area (Å²) >= 11 is 0. The summed E-state index contributed by atoms with van der Waals surface area (Å²) < 4.78 is 0. The summed E-state index contributed by atoms with van der Waals surface area (Å²) in [6.45, 7) is 0. The number of carbonyl (C=O) groups is 1. The molecule has 0 aliphatic rings. The Kier molecular flexibility index (Phi) is 5.36. The highest BCUT2D eigenvalue weighted by atomic mass is 16.1. The predicted molar refractivity (Wildman–Crippen MR) is 97.0 cm³/mol. The Morgan fingerprint density at radius 1 is 0.917 bits per heavy atom. The number of anilines is 1. The van der Waals surface area contributed by atoms with Crippen molar-refractivity contribution >= 4 is 12.1 Å². The summed E-state index contributed by atoms with van der Waals surface area (Å²) in [5, 5.41) is 2.72. The second-order valence-electron chi connectivity index (χ2n) is 5.84. The normalized spacial score (nSPS) is 11.7. The van der Waals surface area contributed by atoms with E-state index in [4.69, 9.17) is 0 Å². The molecule has 1 aromatic heterocycles. The second-order valence-corrected chi connectivity index (χ2v) is 5.84. The van der Waals surface area contributed by atoms with Crippen molar-refractivity contribution in [1.82, 2.24) is 4.98 Å². The maximum absolute atomic E-state index is 10.7. The number of benzene rings is 2. The van der Waals surface area contributed by atoms with Crippen molar-refractivity contribution in [1.29, 1.82) is 0 Å². The zero-order valence-electron chi connectivity index (χ0n) is 13.4. The zero-order chi connectivity index (χ0) is 16.6. The van der Waals surface area contributed by atoms with Crippen LogP contribution in [-0.2, 0) is 17.6 Å². The molecule has 0 saturated carbocycles. The van der Waals surface area contributed by atoms with Crippen LogP contribution in [0, 0.1) is 0 Å². The van der Waals surface area contributed by atoms with Crippen molar-refractivity contribution < 1.29 is 4.79 Å². The molecule has 3 aromatic rings. The zero-order valence-corrected chi connectivity index (χ0v) is 13.4. The molecule has 1 amide bonds. The third-order valence-corrected chi connectivity index (χ3v) is 4.11. The highest BCUT2D eigenvalue weighted by Gasteiger charge is 2.13. The van der Waals surface area contributed by atoms with Crippen LogP contribution in [0.15, 0.2) is 79.1 Å². The van der Waals surface area contributed by atoms with E-state index in [0.29, 0.717) is 12.3 Å². The summed E-state index contributed by atoms with van der Waals surface area (Å²) in [5.41, 5.74) is 4.58. The molecule has 3 heteroatoms. The summed E-state index contributed by atoms with van der Waals surface area (Å²) in [7, 11) is 0. The smallest absolute Gasteiger partial charge is 0.211 e. The predicted octanol–water partition coefficient (Wildman–Crippen LogP) is 4.22. The minimum atomic E-state index is 0.363. The van der Waals surface area contributed by atoms with E-state index in [-0.39, 0.29) is 0 Å². The highest BCUT2D eigenvalue weighted by molar-refractivity contribution is 5.71. The number of nitrogens with zero attached hydrogens (tertiary/aromatic N) is 1. The van der Waals surface area contributed by atoms with Gasteiger partial charge in [0.15, 0.2) is 0 Å². The van der Waals surface area contributed by atoms with Gasteiger partial charge in [0.05, 0.1) is 0 Å². The van der Waals surface area contributed by atoms with Crippen LogP contribution in [0.1, 0.15) is 22.6 Å². The Hall–Kier alpha value is -2.94. The Morgan fingerprint density at radius 3 is 2.46 bits per heavy atom. The average molecular weight is 316 g/mol. The first-order chi connectivity index (χ1) is 11.8. The van der Waals surface area contributed by atoms with Gasteiger partial charge in [-0.15, -0.1) is 0 Å². The molecule has 24 heavy (non-hydrogen) atoms. The number of pyridine rings is 1. The lowest BCUT2D eigenvalue weighted by molar-refractivity contribution is -0.105. The van der Waals surface area contributed by atoms with Crippen LogP contribution < -0.4 is 5.32 Å². The Labute approximate surface area is 142 Å². The third kappa shape index (κ3) is 4.29. The van der Waals surface area contributed by atoms with Gasteiger partial charge in [0.25, 0.3) is 0 Å². The molecule has 1 N–H and O–H groups in total. The Balaban J connectivity index is 1.84. The van der Waals surface area contributed by atoms with Gasteiger partial charge in [0, 0.05) is 18.1 Å². The van der Waals surface area contributed by atoms with Crippen molar-refractivity contribution in [2.24, 2.45) is 0 Å². The maximum atomic E-state index is 10.7. The fourth-order valence-electron chi connectivity index (χ4n) is 2.98. The molecule has 0 radical (unpaired) electrons. The van der Waals surface area contributed by atoms with Gasteiger partial charge in [-0.3, -0.25) is 9.78 Å². The van der Waals surface area contributed by atoms with Crippen LogP contribution >= 0.6 is 0 Å². The van der Waals surface area contributed by atoms with Crippen molar-refractivity contribution in [2.75, 3.05) is 5.32 Å². The van der Waals surface area contributed by atoms with Gasteiger partial charge < -0.3 is 5.32 Å². The summed E-state index contributed by atoms with van der Waals surface area (Å²) in [6, 6.07) is 22.7. The fourth-order valence-corrected chi connectivity index (χ4v) is 2.98. The van der Waals surface area contributed by atoms with E-state index in [1.165, 1.54) is 16.7 Å². The Morgan fingerprint density at radius 2 is 1.71 bits per heavy atom. The lowest BCUT2D eigenvalue weighted by atomic mass is 9.87. The first-order valence-electron chi connectivity index (χ1n) is 8.08. The molecule has 0 bridgehead atoms. The molecule has 0 spiro atoms. The third-order valence-electron chi connectivity index (χ3n) is 4.11. The van der Waals surface area contributed by atoms with Crippen LogP contribution in [0.2, 0.25) is 0 Å².